The standard InChI is InChI=1S/C25H25F3N2O5/c26-25(27,28)21(22(31)30-11-9-15(10-12-30)23(32)33)13-29-24(34)35-14-20-18-7-3-1-5-16(18)17-6-2-4-8-19(17)20/h1-8,15,20-21H,9-14H2,(H,29,34)(H,32,33). The smallest absolute Gasteiger partial charge is 0.407 e. The summed E-state index contributed by atoms with van der Waals surface area (Å²) in [4.78, 5) is 36.9. The molecule has 2 N–H and O–H groups in total. The van der Waals surface area contributed by atoms with E-state index in [9.17, 15) is 27.6 Å². The summed E-state index contributed by atoms with van der Waals surface area (Å²) in [7, 11) is 0. The third-order valence-electron chi connectivity index (χ3n) is 6.64. The quantitative estimate of drug-likeness (QED) is 0.638. The van der Waals surface area contributed by atoms with Gasteiger partial charge in [-0.25, -0.2) is 4.79 Å². The number of likely N-dealkylation sites (tertiary alicyclic amines) is 1. The maximum absolute atomic E-state index is 13.6. The van der Waals surface area contributed by atoms with Crippen molar-refractivity contribution in [3.05, 3.63) is 59.7 Å². The molecule has 1 saturated heterocycles. The molecule has 1 aliphatic carbocycles. The molecule has 0 radical (unpaired) electrons. The molecule has 7 nitrogen and oxygen atoms in total. The normalized spacial score (nSPS) is 16.8. The Kier molecular flexibility index (Phi) is 7.00. The average molecular weight is 490 g/mol. The number of piperidine rings is 1. The Bertz CT molecular complexity index is 1070. The van der Waals surface area contributed by atoms with Gasteiger partial charge in [0.2, 0.25) is 5.91 Å². The van der Waals surface area contributed by atoms with Crippen molar-refractivity contribution in [3.8, 4) is 11.1 Å². The summed E-state index contributed by atoms with van der Waals surface area (Å²) >= 11 is 0. The molecule has 2 aromatic rings. The Morgan fingerprint density at radius 2 is 1.54 bits per heavy atom. The van der Waals surface area contributed by atoms with E-state index in [-0.39, 0.29) is 38.5 Å². The molecule has 1 heterocycles. The molecule has 1 aliphatic heterocycles. The van der Waals surface area contributed by atoms with Crippen LogP contribution >= 0.6 is 0 Å². The van der Waals surface area contributed by atoms with Gasteiger partial charge in [-0.1, -0.05) is 48.5 Å². The number of ether oxygens (including phenoxy) is 1. The van der Waals surface area contributed by atoms with E-state index in [4.69, 9.17) is 9.84 Å². The lowest BCUT2D eigenvalue weighted by molar-refractivity contribution is -0.189. The van der Waals surface area contributed by atoms with Crippen molar-refractivity contribution in [3.63, 3.8) is 0 Å². The fourth-order valence-corrected chi connectivity index (χ4v) is 4.75. The molecule has 1 atom stereocenters. The number of carboxylic acid groups (broad SMARTS) is 1. The number of carbonyl (C=O) groups is 3. The number of nitrogens with zero attached hydrogens (tertiary/aromatic N) is 1. The topological polar surface area (TPSA) is 95.9 Å². The molecule has 0 spiro atoms. The van der Waals surface area contributed by atoms with Crippen LogP contribution in [0.2, 0.25) is 0 Å². The fraction of sp³-hybridized carbons (Fsp3) is 0.400. The van der Waals surface area contributed by atoms with Crippen LogP contribution in [0.5, 0.6) is 0 Å². The van der Waals surface area contributed by atoms with Crippen LogP contribution in [0.25, 0.3) is 11.1 Å². The molecule has 2 aliphatic rings. The first kappa shape index (κ1) is 24.6. The number of rotatable bonds is 6. The Morgan fingerprint density at radius 3 is 2.06 bits per heavy atom. The van der Waals surface area contributed by atoms with Crippen LogP contribution < -0.4 is 5.32 Å². The molecule has 0 bridgehead atoms. The monoisotopic (exact) mass is 490 g/mol. The highest BCUT2D eigenvalue weighted by Crippen LogP contribution is 2.44. The molecule has 4 rings (SSSR count). The molecule has 2 amide bonds. The summed E-state index contributed by atoms with van der Waals surface area (Å²) in [5, 5.41) is 11.1. The van der Waals surface area contributed by atoms with Gasteiger partial charge in [-0.15, -0.1) is 0 Å². The third-order valence-corrected chi connectivity index (χ3v) is 6.64. The van der Waals surface area contributed by atoms with E-state index in [2.05, 4.69) is 5.32 Å². The largest absolute Gasteiger partial charge is 0.481 e. The summed E-state index contributed by atoms with van der Waals surface area (Å²) in [6.45, 7) is -1.17. The van der Waals surface area contributed by atoms with Crippen LogP contribution in [-0.2, 0) is 14.3 Å². The summed E-state index contributed by atoms with van der Waals surface area (Å²) < 4.78 is 46.1. The summed E-state index contributed by atoms with van der Waals surface area (Å²) in [5.74, 6) is -5.57. The first-order valence-electron chi connectivity index (χ1n) is 11.3. The van der Waals surface area contributed by atoms with E-state index in [0.717, 1.165) is 27.2 Å². The molecule has 1 unspecified atom stereocenters. The number of carboxylic acids is 1. The molecule has 10 heteroatoms. The summed E-state index contributed by atoms with van der Waals surface area (Å²) in [6.07, 6.45) is -5.74. The van der Waals surface area contributed by atoms with Crippen LogP contribution in [0.3, 0.4) is 0 Å². The van der Waals surface area contributed by atoms with E-state index < -0.39 is 42.5 Å². The van der Waals surface area contributed by atoms with Crippen molar-refractivity contribution in [1.82, 2.24) is 10.2 Å². The first-order valence-corrected chi connectivity index (χ1v) is 11.3. The second-order valence-electron chi connectivity index (χ2n) is 8.74. The fourth-order valence-electron chi connectivity index (χ4n) is 4.75. The van der Waals surface area contributed by atoms with E-state index in [1.54, 1.807) is 0 Å². The molecular formula is C25H25F3N2O5. The number of nitrogens with one attached hydrogen (secondary N) is 1. The maximum Gasteiger partial charge on any atom is 0.407 e. The predicted octanol–water partition coefficient (Wildman–Crippen LogP) is 4.03. The van der Waals surface area contributed by atoms with Crippen LogP contribution in [-0.4, -0.2) is 60.4 Å². The number of amides is 2. The highest BCUT2D eigenvalue weighted by atomic mass is 19.4. The number of fused-ring (bicyclic) bond motifs is 3. The van der Waals surface area contributed by atoms with E-state index in [1.165, 1.54) is 0 Å². The van der Waals surface area contributed by atoms with E-state index in [0.29, 0.717) is 0 Å². The number of halogens is 3. The molecule has 186 valence electrons. The lowest BCUT2D eigenvalue weighted by Crippen LogP contribution is -2.50. The van der Waals surface area contributed by atoms with E-state index in [1.807, 2.05) is 48.5 Å². The Hall–Kier alpha value is -3.56. The predicted molar refractivity (Wildman–Crippen MR) is 120 cm³/mol. The van der Waals surface area contributed by atoms with Crippen molar-refractivity contribution in [2.75, 3.05) is 26.2 Å². The number of hydrogen-bond acceptors (Lipinski definition) is 4. The van der Waals surface area contributed by atoms with Gasteiger partial charge < -0.3 is 20.1 Å². The Morgan fingerprint density at radius 1 is 1.00 bits per heavy atom. The average Bonchev–Trinajstić information content (AvgIpc) is 3.15. The zero-order valence-corrected chi connectivity index (χ0v) is 18.8. The SMILES string of the molecule is O=C(NCC(C(=O)N1CCC(C(=O)O)CC1)C(F)(F)F)OCC1c2ccccc2-c2ccccc21. The maximum atomic E-state index is 13.6. The van der Waals surface area contributed by atoms with E-state index >= 15 is 0 Å². The van der Waals surface area contributed by atoms with Crippen LogP contribution in [0.1, 0.15) is 29.9 Å². The number of alkyl halides is 3. The number of carbonyl (C=O) groups excluding carboxylic acids is 2. The van der Waals surface area contributed by atoms with Crippen molar-refractivity contribution in [1.29, 1.82) is 0 Å². The number of aliphatic carboxylic acids is 1. The summed E-state index contributed by atoms with van der Waals surface area (Å²) in [5.41, 5.74) is 3.97. The minimum atomic E-state index is -4.88. The number of alkyl carbamates (subject to hydrolysis) is 1. The minimum absolute atomic E-state index is 0.0623. The first-order chi connectivity index (χ1) is 16.7. The van der Waals surface area contributed by atoms with Gasteiger partial charge in [-0.05, 0) is 35.1 Å². The van der Waals surface area contributed by atoms with Crippen molar-refractivity contribution in [2.24, 2.45) is 11.8 Å². The second-order valence-corrected chi connectivity index (χ2v) is 8.74. The van der Waals surface area contributed by atoms with Gasteiger partial charge in [0, 0.05) is 25.6 Å². The molecule has 35 heavy (non-hydrogen) atoms. The zero-order valence-electron chi connectivity index (χ0n) is 18.8. The zero-order chi connectivity index (χ0) is 25.2. The highest BCUT2D eigenvalue weighted by Gasteiger charge is 2.47. The second kappa shape index (κ2) is 9.97. The number of benzene rings is 2. The van der Waals surface area contributed by atoms with Gasteiger partial charge in [0.05, 0.1) is 5.92 Å². The molecule has 0 aromatic heterocycles. The van der Waals surface area contributed by atoms with Crippen molar-refractivity contribution < 1.29 is 37.4 Å². The van der Waals surface area contributed by atoms with Crippen LogP contribution in [0.4, 0.5) is 18.0 Å². The lowest BCUT2D eigenvalue weighted by Gasteiger charge is -2.33. The minimum Gasteiger partial charge on any atom is -0.481 e. The molecule has 1 fully saturated rings. The number of hydrogen-bond donors (Lipinski definition) is 2. The Labute approximate surface area is 199 Å². The van der Waals surface area contributed by atoms with Crippen LogP contribution in [0, 0.1) is 11.8 Å². The third kappa shape index (κ3) is 5.26. The Balaban J connectivity index is 1.35. The molecule has 0 saturated carbocycles. The van der Waals surface area contributed by atoms with Crippen molar-refractivity contribution >= 4 is 18.0 Å². The van der Waals surface area contributed by atoms with Gasteiger partial charge in [0.15, 0.2) is 5.92 Å². The van der Waals surface area contributed by atoms with Gasteiger partial charge in [0.25, 0.3) is 0 Å². The highest BCUT2D eigenvalue weighted by molar-refractivity contribution is 5.81. The molecular weight excluding hydrogens is 465 g/mol. The van der Waals surface area contributed by atoms with Crippen molar-refractivity contribution in [2.45, 2.75) is 24.9 Å². The lowest BCUT2D eigenvalue weighted by atomic mass is 9.95. The summed E-state index contributed by atoms with van der Waals surface area (Å²) in [6, 6.07) is 15.3. The van der Waals surface area contributed by atoms with Gasteiger partial charge in [-0.3, -0.25) is 9.59 Å². The molecule has 2 aromatic carbocycles. The van der Waals surface area contributed by atoms with Gasteiger partial charge >= 0.3 is 18.2 Å². The van der Waals surface area contributed by atoms with Gasteiger partial charge in [0.1, 0.15) is 6.61 Å². The van der Waals surface area contributed by atoms with Crippen LogP contribution in [0.15, 0.2) is 48.5 Å². The van der Waals surface area contributed by atoms with Gasteiger partial charge in [-0.2, -0.15) is 13.2 Å².